The molecule has 5 aromatic rings. The van der Waals surface area contributed by atoms with Crippen LogP contribution in [0.5, 0.6) is 0 Å². The van der Waals surface area contributed by atoms with Gasteiger partial charge in [-0.3, -0.25) is 14.6 Å². The quantitative estimate of drug-likeness (QED) is 0.345. The number of amides is 2. The number of benzene rings is 3. The lowest BCUT2D eigenvalue weighted by Gasteiger charge is -2.26. The van der Waals surface area contributed by atoms with Crippen LogP contribution in [0.3, 0.4) is 0 Å². The number of hydrogen-bond acceptors (Lipinski definition) is 3. The maximum absolute atomic E-state index is 13.7. The first kappa shape index (κ1) is 22.7. The summed E-state index contributed by atoms with van der Waals surface area (Å²) in [5, 5.41) is 3.95. The highest BCUT2D eigenvalue weighted by Crippen LogP contribution is 2.46. The molecule has 2 amide bonds. The molecular weight excluding hydrogens is 460 g/mol. The molecular formula is C31H26N4O2. The summed E-state index contributed by atoms with van der Waals surface area (Å²) in [6.07, 6.45) is 3.25. The lowest BCUT2D eigenvalue weighted by atomic mass is 9.93. The summed E-state index contributed by atoms with van der Waals surface area (Å²) in [6.45, 7) is 1.99. The van der Waals surface area contributed by atoms with Crippen molar-refractivity contribution in [1.29, 1.82) is 0 Å². The van der Waals surface area contributed by atoms with Gasteiger partial charge in [-0.25, -0.2) is 0 Å². The fraction of sp³-hybridized carbons (Fsp3) is 0.129. The monoisotopic (exact) mass is 486 g/mol. The van der Waals surface area contributed by atoms with Crippen molar-refractivity contribution in [1.82, 2.24) is 14.5 Å². The first-order valence-electron chi connectivity index (χ1n) is 12.3. The van der Waals surface area contributed by atoms with Gasteiger partial charge in [0.05, 0.1) is 23.6 Å². The number of hydrogen-bond donors (Lipinski definition) is 1. The van der Waals surface area contributed by atoms with Gasteiger partial charge in [0.1, 0.15) is 6.54 Å². The van der Waals surface area contributed by atoms with Gasteiger partial charge < -0.3 is 14.8 Å². The number of pyridine rings is 1. The van der Waals surface area contributed by atoms with Crippen molar-refractivity contribution in [2.75, 3.05) is 11.9 Å². The minimum absolute atomic E-state index is 0.0797. The van der Waals surface area contributed by atoms with Gasteiger partial charge in [0.25, 0.3) is 5.91 Å². The van der Waals surface area contributed by atoms with Crippen molar-refractivity contribution >= 4 is 28.4 Å². The number of nitrogens with zero attached hydrogens (tertiary/aromatic N) is 3. The molecule has 0 spiro atoms. The molecule has 3 aromatic carbocycles. The van der Waals surface area contributed by atoms with E-state index in [0.717, 1.165) is 33.3 Å². The van der Waals surface area contributed by atoms with E-state index >= 15 is 0 Å². The van der Waals surface area contributed by atoms with Crippen molar-refractivity contribution in [2.24, 2.45) is 7.05 Å². The first-order valence-corrected chi connectivity index (χ1v) is 12.3. The molecule has 0 radical (unpaired) electrons. The van der Waals surface area contributed by atoms with Crippen LogP contribution in [-0.2, 0) is 11.8 Å². The van der Waals surface area contributed by atoms with Crippen molar-refractivity contribution in [3.05, 3.63) is 120 Å². The number of rotatable bonds is 5. The van der Waals surface area contributed by atoms with Crippen LogP contribution in [-0.4, -0.2) is 32.8 Å². The standard InChI is InChI=1S/C31H26N4O2/c1-20-13-15-21(16-14-20)29-28(25-11-5-6-12-26(25)34(29)2)30-23-9-3-4-10-24(23)31(37)35(30)19-27(36)33-22-8-7-17-32-18-22/h3-18,30H,19H2,1-2H3,(H,33,36)/t30-/m1/s1. The Labute approximate surface area is 215 Å². The Bertz CT molecular complexity index is 1640. The van der Waals surface area contributed by atoms with E-state index < -0.39 is 6.04 Å². The smallest absolute Gasteiger partial charge is 0.255 e. The predicted octanol–water partition coefficient (Wildman–Crippen LogP) is 5.73. The molecule has 0 saturated heterocycles. The maximum atomic E-state index is 13.7. The Hall–Kier alpha value is -4.71. The van der Waals surface area contributed by atoms with Crippen LogP contribution in [0.2, 0.25) is 0 Å². The summed E-state index contributed by atoms with van der Waals surface area (Å²) in [5.41, 5.74) is 7.51. The van der Waals surface area contributed by atoms with Gasteiger partial charge in [-0.2, -0.15) is 0 Å². The molecule has 0 unspecified atom stereocenters. The zero-order valence-electron chi connectivity index (χ0n) is 20.7. The number of aromatic nitrogens is 2. The molecule has 1 N–H and O–H groups in total. The summed E-state index contributed by atoms with van der Waals surface area (Å²) < 4.78 is 2.19. The molecule has 0 saturated carbocycles. The van der Waals surface area contributed by atoms with Gasteiger partial charge in [0.2, 0.25) is 5.91 Å². The third-order valence-electron chi connectivity index (χ3n) is 7.06. The van der Waals surface area contributed by atoms with E-state index in [4.69, 9.17) is 0 Å². The second-order valence-electron chi connectivity index (χ2n) is 9.42. The van der Waals surface area contributed by atoms with E-state index in [1.165, 1.54) is 5.56 Å². The minimum atomic E-state index is -0.411. The van der Waals surface area contributed by atoms with E-state index in [2.05, 4.69) is 65.2 Å². The van der Waals surface area contributed by atoms with Gasteiger partial charge in [-0.1, -0.05) is 66.2 Å². The van der Waals surface area contributed by atoms with Gasteiger partial charge in [0.15, 0.2) is 0 Å². The summed E-state index contributed by atoms with van der Waals surface area (Å²) >= 11 is 0. The van der Waals surface area contributed by atoms with Crippen LogP contribution in [0.25, 0.3) is 22.2 Å². The Morgan fingerprint density at radius 1 is 0.946 bits per heavy atom. The fourth-order valence-electron chi connectivity index (χ4n) is 5.40. The molecule has 37 heavy (non-hydrogen) atoms. The lowest BCUT2D eigenvalue weighted by molar-refractivity contribution is -0.117. The molecule has 1 aliphatic heterocycles. The molecule has 0 fully saturated rings. The molecule has 6 nitrogen and oxygen atoms in total. The first-order chi connectivity index (χ1) is 18.0. The summed E-state index contributed by atoms with van der Waals surface area (Å²) in [7, 11) is 2.06. The molecule has 0 aliphatic carbocycles. The Balaban J connectivity index is 1.52. The van der Waals surface area contributed by atoms with E-state index in [1.54, 1.807) is 29.4 Å². The number of fused-ring (bicyclic) bond motifs is 2. The lowest BCUT2D eigenvalue weighted by Crippen LogP contribution is -2.36. The van der Waals surface area contributed by atoms with Crippen LogP contribution >= 0.6 is 0 Å². The molecule has 1 aliphatic rings. The summed E-state index contributed by atoms with van der Waals surface area (Å²) in [5.74, 6) is -0.416. The van der Waals surface area contributed by atoms with Crippen LogP contribution in [0.4, 0.5) is 5.69 Å². The summed E-state index contributed by atoms with van der Waals surface area (Å²) in [6, 6.07) is 27.5. The van der Waals surface area contributed by atoms with Gasteiger partial charge in [-0.15, -0.1) is 0 Å². The predicted molar refractivity (Wildman–Crippen MR) is 145 cm³/mol. The number of carbonyl (C=O) groups excluding carboxylic acids is 2. The van der Waals surface area contributed by atoms with E-state index in [9.17, 15) is 9.59 Å². The van der Waals surface area contributed by atoms with Crippen LogP contribution in [0.15, 0.2) is 97.3 Å². The minimum Gasteiger partial charge on any atom is -0.343 e. The number of para-hydroxylation sites is 1. The largest absolute Gasteiger partial charge is 0.343 e. The molecule has 0 bridgehead atoms. The zero-order chi connectivity index (χ0) is 25.5. The maximum Gasteiger partial charge on any atom is 0.255 e. The molecule has 6 heteroatoms. The Kier molecular flexibility index (Phi) is 5.57. The van der Waals surface area contributed by atoms with Gasteiger partial charge in [0, 0.05) is 35.3 Å². The highest BCUT2D eigenvalue weighted by Gasteiger charge is 2.41. The number of aryl methyl sites for hydroxylation is 2. The van der Waals surface area contributed by atoms with Crippen LogP contribution in [0, 0.1) is 6.92 Å². The van der Waals surface area contributed by atoms with Crippen molar-refractivity contribution in [2.45, 2.75) is 13.0 Å². The third kappa shape index (κ3) is 3.87. The van der Waals surface area contributed by atoms with Gasteiger partial charge >= 0.3 is 0 Å². The molecule has 1 atom stereocenters. The van der Waals surface area contributed by atoms with Gasteiger partial charge in [-0.05, 0) is 42.3 Å². The number of nitrogens with one attached hydrogen (secondary N) is 1. The molecule has 6 rings (SSSR count). The van der Waals surface area contributed by atoms with Crippen molar-refractivity contribution < 1.29 is 9.59 Å². The number of carbonyl (C=O) groups is 2. The zero-order valence-corrected chi connectivity index (χ0v) is 20.7. The highest BCUT2D eigenvalue weighted by atomic mass is 16.2. The van der Waals surface area contributed by atoms with E-state index in [-0.39, 0.29) is 18.4 Å². The Morgan fingerprint density at radius 2 is 1.70 bits per heavy atom. The second-order valence-corrected chi connectivity index (χ2v) is 9.42. The normalized spacial score (nSPS) is 14.7. The summed E-state index contributed by atoms with van der Waals surface area (Å²) in [4.78, 5) is 32.7. The second kappa shape index (κ2) is 9.06. The number of anilines is 1. The third-order valence-corrected chi connectivity index (χ3v) is 7.06. The molecule has 182 valence electrons. The van der Waals surface area contributed by atoms with Crippen LogP contribution in [0.1, 0.15) is 33.1 Å². The average Bonchev–Trinajstić information content (AvgIpc) is 3.36. The van der Waals surface area contributed by atoms with Crippen molar-refractivity contribution in [3.63, 3.8) is 0 Å². The van der Waals surface area contributed by atoms with E-state index in [1.807, 2.05) is 36.4 Å². The molecule has 3 heterocycles. The van der Waals surface area contributed by atoms with Crippen LogP contribution < -0.4 is 5.32 Å². The topological polar surface area (TPSA) is 67.2 Å². The fourth-order valence-corrected chi connectivity index (χ4v) is 5.40. The SMILES string of the molecule is Cc1ccc(-c2c([C@H]3c4ccccc4C(=O)N3CC(=O)Nc3cccnc3)c3ccccc3n2C)cc1. The van der Waals surface area contributed by atoms with E-state index in [0.29, 0.717) is 11.3 Å². The van der Waals surface area contributed by atoms with Crippen molar-refractivity contribution in [3.8, 4) is 11.3 Å². The Morgan fingerprint density at radius 3 is 2.49 bits per heavy atom. The highest BCUT2D eigenvalue weighted by molar-refractivity contribution is 6.05. The molecule has 2 aromatic heterocycles. The average molecular weight is 487 g/mol.